The maximum absolute atomic E-state index is 6.36. The zero-order chi connectivity index (χ0) is 19.6. The highest BCUT2D eigenvalue weighted by Crippen LogP contribution is 2.20. The number of hydrogen-bond acceptors (Lipinski definition) is 6. The third-order valence-electron chi connectivity index (χ3n) is 3.70. The first-order valence-electron chi connectivity index (χ1n) is 8.83. The molecule has 2 rings (SSSR count). The highest BCUT2D eigenvalue weighted by atomic mass is 16.5. The summed E-state index contributed by atoms with van der Waals surface area (Å²) in [4.78, 5) is 4.55. The maximum Gasteiger partial charge on any atom is 0.152 e. The summed E-state index contributed by atoms with van der Waals surface area (Å²) >= 11 is 0. The Labute approximate surface area is 160 Å². The monoisotopic (exact) mass is 372 g/mol. The summed E-state index contributed by atoms with van der Waals surface area (Å²) in [5.74, 6) is 8.45. The fourth-order valence-corrected chi connectivity index (χ4v) is 2.30. The third-order valence-corrected chi connectivity index (χ3v) is 3.70. The van der Waals surface area contributed by atoms with Crippen molar-refractivity contribution in [3.05, 3.63) is 54.1 Å². The Kier molecular flexibility index (Phi) is 8.06. The van der Waals surface area contributed by atoms with Gasteiger partial charge in [0.25, 0.3) is 0 Å². The maximum atomic E-state index is 6.36. The van der Waals surface area contributed by atoms with Crippen LogP contribution in [0.25, 0.3) is 0 Å². The smallest absolute Gasteiger partial charge is 0.152 e. The quantitative estimate of drug-likeness (QED) is 0.304. The highest BCUT2D eigenvalue weighted by molar-refractivity contribution is 6.09. The molecule has 0 atom stereocenters. The van der Waals surface area contributed by atoms with Crippen molar-refractivity contribution in [2.24, 2.45) is 16.6 Å². The third kappa shape index (κ3) is 6.25. The number of amidine groups is 1. The summed E-state index contributed by atoms with van der Waals surface area (Å²) in [6.07, 6.45) is 0.0780. The number of aliphatic imine (C=N–C) groups is 1. The number of rotatable bonds is 9. The first-order chi connectivity index (χ1) is 13.0. The van der Waals surface area contributed by atoms with Gasteiger partial charge in [0.05, 0.1) is 18.9 Å². The van der Waals surface area contributed by atoms with E-state index in [4.69, 9.17) is 25.8 Å². The molecular formula is C20H28N4O3. The van der Waals surface area contributed by atoms with Crippen molar-refractivity contribution in [1.82, 2.24) is 0 Å². The Morgan fingerprint density at radius 1 is 1.04 bits per heavy atom. The molecule has 0 bridgehead atoms. The summed E-state index contributed by atoms with van der Waals surface area (Å²) in [6.45, 7) is 5.07. The molecule has 0 saturated heterocycles. The SMILES string of the molecule is COc1ccc(N(N)/C(=N\COC(C)C)c2ccc(OCCN)cc2)cc1. The lowest BCUT2D eigenvalue weighted by molar-refractivity contribution is 0.0854. The number of benzene rings is 2. The second kappa shape index (κ2) is 10.5. The van der Waals surface area contributed by atoms with E-state index >= 15 is 0 Å². The van der Waals surface area contributed by atoms with Crippen molar-refractivity contribution in [3.63, 3.8) is 0 Å². The lowest BCUT2D eigenvalue weighted by Gasteiger charge is -2.22. The minimum absolute atomic E-state index is 0.0780. The average molecular weight is 372 g/mol. The van der Waals surface area contributed by atoms with Crippen molar-refractivity contribution in [2.45, 2.75) is 20.0 Å². The van der Waals surface area contributed by atoms with E-state index in [1.165, 1.54) is 5.01 Å². The van der Waals surface area contributed by atoms with Gasteiger partial charge in [0.1, 0.15) is 24.8 Å². The predicted molar refractivity (Wildman–Crippen MR) is 108 cm³/mol. The van der Waals surface area contributed by atoms with Gasteiger partial charge in [0, 0.05) is 12.1 Å². The summed E-state index contributed by atoms with van der Waals surface area (Å²) < 4.78 is 16.3. The number of anilines is 1. The Hall–Kier alpha value is -2.61. The van der Waals surface area contributed by atoms with Gasteiger partial charge in [0.15, 0.2) is 5.84 Å². The standard InChI is InChI=1S/C20H28N4O3/c1-15(2)27-14-23-20(16-4-8-19(9-5-16)26-13-12-21)24(22)17-6-10-18(25-3)11-7-17/h4-11,15H,12-14,21-22H2,1-3H3/b23-20-. The van der Waals surface area contributed by atoms with Crippen LogP contribution in [0, 0.1) is 0 Å². The van der Waals surface area contributed by atoms with Crippen LogP contribution in [0.4, 0.5) is 5.69 Å². The van der Waals surface area contributed by atoms with Crippen LogP contribution in [0.1, 0.15) is 19.4 Å². The van der Waals surface area contributed by atoms with Crippen LogP contribution in [0.3, 0.4) is 0 Å². The largest absolute Gasteiger partial charge is 0.497 e. The van der Waals surface area contributed by atoms with E-state index in [2.05, 4.69) is 4.99 Å². The molecule has 0 heterocycles. The van der Waals surface area contributed by atoms with Gasteiger partial charge in [-0.1, -0.05) is 0 Å². The number of methoxy groups -OCH3 is 1. The van der Waals surface area contributed by atoms with Crippen LogP contribution in [0.15, 0.2) is 53.5 Å². The van der Waals surface area contributed by atoms with Gasteiger partial charge in [-0.3, -0.25) is 5.01 Å². The molecule has 27 heavy (non-hydrogen) atoms. The second-order valence-electron chi connectivity index (χ2n) is 6.06. The van der Waals surface area contributed by atoms with Gasteiger partial charge in [-0.2, -0.15) is 0 Å². The molecule has 0 aliphatic rings. The van der Waals surface area contributed by atoms with Gasteiger partial charge in [-0.15, -0.1) is 0 Å². The fourth-order valence-electron chi connectivity index (χ4n) is 2.30. The molecule has 4 N–H and O–H groups in total. The lowest BCUT2D eigenvalue weighted by Crippen LogP contribution is -2.38. The Morgan fingerprint density at radius 3 is 2.22 bits per heavy atom. The first kappa shape index (κ1) is 20.7. The topological polar surface area (TPSA) is 95.3 Å². The molecule has 0 unspecified atom stereocenters. The highest BCUT2D eigenvalue weighted by Gasteiger charge is 2.13. The van der Waals surface area contributed by atoms with Crippen molar-refractivity contribution in [1.29, 1.82) is 0 Å². The molecule has 7 heteroatoms. The number of nitrogens with two attached hydrogens (primary N) is 2. The molecule has 7 nitrogen and oxygen atoms in total. The van der Waals surface area contributed by atoms with Crippen molar-refractivity contribution in [3.8, 4) is 11.5 Å². The number of ether oxygens (including phenoxy) is 3. The zero-order valence-corrected chi connectivity index (χ0v) is 16.1. The van der Waals surface area contributed by atoms with Crippen LogP contribution in [0.2, 0.25) is 0 Å². The molecule has 0 fully saturated rings. The van der Waals surface area contributed by atoms with Gasteiger partial charge < -0.3 is 19.9 Å². The van der Waals surface area contributed by atoms with Crippen molar-refractivity contribution < 1.29 is 14.2 Å². The van der Waals surface area contributed by atoms with E-state index < -0.39 is 0 Å². The van der Waals surface area contributed by atoms with Gasteiger partial charge >= 0.3 is 0 Å². The first-order valence-corrected chi connectivity index (χ1v) is 8.83. The van der Waals surface area contributed by atoms with E-state index in [1.807, 2.05) is 62.4 Å². The molecule has 0 amide bonds. The molecule has 0 spiro atoms. The van der Waals surface area contributed by atoms with Crippen LogP contribution >= 0.6 is 0 Å². The second-order valence-corrected chi connectivity index (χ2v) is 6.06. The zero-order valence-electron chi connectivity index (χ0n) is 16.1. The fraction of sp³-hybridized carbons (Fsp3) is 0.350. The van der Waals surface area contributed by atoms with E-state index in [1.54, 1.807) is 7.11 Å². The van der Waals surface area contributed by atoms with E-state index in [9.17, 15) is 0 Å². The molecule has 2 aromatic rings. The van der Waals surface area contributed by atoms with E-state index in [-0.39, 0.29) is 12.8 Å². The number of hydrazine groups is 1. The van der Waals surface area contributed by atoms with E-state index in [0.29, 0.717) is 19.0 Å². The van der Waals surface area contributed by atoms with Gasteiger partial charge in [0.2, 0.25) is 0 Å². The molecule has 0 saturated carbocycles. The molecular weight excluding hydrogens is 344 g/mol. The van der Waals surface area contributed by atoms with Crippen molar-refractivity contribution >= 4 is 11.5 Å². The number of hydrogen-bond donors (Lipinski definition) is 2. The molecule has 0 aromatic heterocycles. The normalized spacial score (nSPS) is 11.6. The minimum Gasteiger partial charge on any atom is -0.497 e. The number of nitrogens with zero attached hydrogens (tertiary/aromatic N) is 2. The molecule has 146 valence electrons. The van der Waals surface area contributed by atoms with E-state index in [0.717, 1.165) is 22.7 Å². The van der Waals surface area contributed by atoms with Gasteiger partial charge in [-0.05, 0) is 62.4 Å². The predicted octanol–water partition coefficient (Wildman–Crippen LogP) is 2.54. The lowest BCUT2D eigenvalue weighted by atomic mass is 10.1. The average Bonchev–Trinajstić information content (AvgIpc) is 2.69. The summed E-state index contributed by atoms with van der Waals surface area (Å²) in [5, 5.41) is 1.53. The van der Waals surface area contributed by atoms with Crippen LogP contribution in [-0.2, 0) is 4.74 Å². The molecule has 2 aromatic carbocycles. The summed E-state index contributed by atoms with van der Waals surface area (Å²) in [6, 6.07) is 15.0. The molecule has 0 radical (unpaired) electrons. The summed E-state index contributed by atoms with van der Waals surface area (Å²) in [7, 11) is 1.62. The summed E-state index contributed by atoms with van der Waals surface area (Å²) in [5.41, 5.74) is 7.10. The Balaban J connectivity index is 2.26. The molecule has 0 aliphatic carbocycles. The van der Waals surface area contributed by atoms with Crippen LogP contribution in [-0.4, -0.2) is 38.9 Å². The molecule has 0 aliphatic heterocycles. The van der Waals surface area contributed by atoms with Crippen LogP contribution in [0.5, 0.6) is 11.5 Å². The van der Waals surface area contributed by atoms with Crippen molar-refractivity contribution in [2.75, 3.05) is 32.0 Å². The van der Waals surface area contributed by atoms with Gasteiger partial charge in [-0.25, -0.2) is 10.8 Å². The Morgan fingerprint density at radius 2 is 1.67 bits per heavy atom. The minimum atomic E-state index is 0.0780. The van der Waals surface area contributed by atoms with Crippen LogP contribution < -0.4 is 26.1 Å². The Bertz CT molecular complexity index is 715.